The SMILES string of the molecule is CCCN(C1CCC(C)CC1)C(F)(F)F. The molecule has 1 rings (SSSR count). The monoisotopic (exact) mass is 223 g/mol. The van der Waals surface area contributed by atoms with E-state index < -0.39 is 6.30 Å². The molecule has 0 unspecified atom stereocenters. The molecule has 0 radical (unpaired) electrons. The lowest BCUT2D eigenvalue weighted by atomic mass is 9.86. The van der Waals surface area contributed by atoms with Crippen molar-refractivity contribution in [3.8, 4) is 0 Å². The molecule has 0 bridgehead atoms. The number of nitrogens with zero attached hydrogens (tertiary/aromatic N) is 1. The maximum atomic E-state index is 12.7. The molecule has 0 aromatic heterocycles. The second-order valence-electron chi connectivity index (χ2n) is 4.57. The van der Waals surface area contributed by atoms with Gasteiger partial charge in [-0.25, -0.2) is 4.90 Å². The zero-order valence-corrected chi connectivity index (χ0v) is 9.48. The van der Waals surface area contributed by atoms with Gasteiger partial charge in [-0.15, -0.1) is 0 Å². The van der Waals surface area contributed by atoms with Crippen LogP contribution in [0, 0.1) is 5.92 Å². The Balaban J connectivity index is 2.56. The van der Waals surface area contributed by atoms with Gasteiger partial charge in [0.15, 0.2) is 0 Å². The Bertz CT molecular complexity index is 183. The second kappa shape index (κ2) is 5.19. The fourth-order valence-corrected chi connectivity index (χ4v) is 2.31. The summed E-state index contributed by atoms with van der Waals surface area (Å²) in [7, 11) is 0. The van der Waals surface area contributed by atoms with Crippen molar-refractivity contribution in [1.82, 2.24) is 4.90 Å². The Morgan fingerprint density at radius 2 is 1.67 bits per heavy atom. The molecule has 1 saturated carbocycles. The van der Waals surface area contributed by atoms with Gasteiger partial charge in [0.05, 0.1) is 0 Å². The largest absolute Gasteiger partial charge is 0.460 e. The van der Waals surface area contributed by atoms with E-state index in [1.807, 2.05) is 0 Å². The summed E-state index contributed by atoms with van der Waals surface area (Å²) in [5.41, 5.74) is 0. The summed E-state index contributed by atoms with van der Waals surface area (Å²) in [4.78, 5) is 0.735. The molecule has 1 fully saturated rings. The molecule has 0 amide bonds. The first-order valence-electron chi connectivity index (χ1n) is 5.78. The van der Waals surface area contributed by atoms with E-state index in [9.17, 15) is 13.2 Å². The van der Waals surface area contributed by atoms with Gasteiger partial charge < -0.3 is 0 Å². The Labute approximate surface area is 89.6 Å². The van der Waals surface area contributed by atoms with Gasteiger partial charge in [-0.1, -0.05) is 13.8 Å². The third-order valence-electron chi connectivity index (χ3n) is 3.22. The fourth-order valence-electron chi connectivity index (χ4n) is 2.31. The van der Waals surface area contributed by atoms with Crippen LogP contribution in [0.25, 0.3) is 0 Å². The van der Waals surface area contributed by atoms with E-state index >= 15 is 0 Å². The fraction of sp³-hybridized carbons (Fsp3) is 1.00. The standard InChI is InChI=1S/C11H20F3N/c1-3-8-15(11(12,13)14)10-6-4-9(2)5-7-10/h9-10H,3-8H2,1-2H3. The Morgan fingerprint density at radius 3 is 2.07 bits per heavy atom. The van der Waals surface area contributed by atoms with Gasteiger partial charge in [-0.3, -0.25) is 0 Å². The Morgan fingerprint density at radius 1 is 1.13 bits per heavy atom. The molecule has 0 spiro atoms. The van der Waals surface area contributed by atoms with Crippen molar-refractivity contribution in [3.63, 3.8) is 0 Å². The molecule has 0 saturated heterocycles. The van der Waals surface area contributed by atoms with E-state index in [2.05, 4.69) is 6.92 Å². The summed E-state index contributed by atoms with van der Waals surface area (Å²) >= 11 is 0. The van der Waals surface area contributed by atoms with Crippen molar-refractivity contribution >= 4 is 0 Å². The molecule has 0 heterocycles. The van der Waals surface area contributed by atoms with Crippen LogP contribution in [0.3, 0.4) is 0 Å². The lowest BCUT2D eigenvalue weighted by molar-refractivity contribution is -0.261. The van der Waals surface area contributed by atoms with Gasteiger partial charge in [-0.2, -0.15) is 13.2 Å². The minimum absolute atomic E-state index is 0.141. The summed E-state index contributed by atoms with van der Waals surface area (Å²) in [5, 5.41) is 0. The molecule has 1 nitrogen and oxygen atoms in total. The molecular weight excluding hydrogens is 203 g/mol. The average Bonchev–Trinajstić information content (AvgIpc) is 2.14. The molecule has 90 valence electrons. The van der Waals surface area contributed by atoms with Crippen molar-refractivity contribution in [2.24, 2.45) is 5.92 Å². The first-order valence-corrected chi connectivity index (χ1v) is 5.78. The van der Waals surface area contributed by atoms with Gasteiger partial charge in [0.2, 0.25) is 0 Å². The van der Waals surface area contributed by atoms with Crippen LogP contribution in [0.1, 0.15) is 46.0 Å². The number of hydrogen-bond acceptors (Lipinski definition) is 1. The molecule has 15 heavy (non-hydrogen) atoms. The zero-order valence-electron chi connectivity index (χ0n) is 9.48. The van der Waals surface area contributed by atoms with Crippen molar-refractivity contribution in [2.45, 2.75) is 58.3 Å². The molecule has 0 aromatic carbocycles. The third kappa shape index (κ3) is 3.67. The molecule has 1 aliphatic carbocycles. The predicted octanol–water partition coefficient (Wildman–Crippen LogP) is 3.80. The summed E-state index contributed by atoms with van der Waals surface area (Å²) in [5.74, 6) is 0.595. The van der Waals surface area contributed by atoms with Gasteiger partial charge in [0, 0.05) is 12.6 Å². The van der Waals surface area contributed by atoms with E-state index in [1.54, 1.807) is 6.92 Å². The van der Waals surface area contributed by atoms with Crippen LogP contribution in [0.2, 0.25) is 0 Å². The lowest BCUT2D eigenvalue weighted by Crippen LogP contribution is -2.47. The number of rotatable bonds is 3. The van der Waals surface area contributed by atoms with E-state index in [1.165, 1.54) is 0 Å². The normalized spacial score (nSPS) is 28.4. The van der Waals surface area contributed by atoms with Crippen LogP contribution >= 0.6 is 0 Å². The highest BCUT2D eigenvalue weighted by molar-refractivity contribution is 4.79. The van der Waals surface area contributed by atoms with Crippen LogP contribution in [0.15, 0.2) is 0 Å². The van der Waals surface area contributed by atoms with Crippen molar-refractivity contribution in [1.29, 1.82) is 0 Å². The molecule has 0 aromatic rings. The molecule has 1 aliphatic rings. The van der Waals surface area contributed by atoms with Gasteiger partial charge in [0.25, 0.3) is 0 Å². The minimum atomic E-state index is -4.15. The van der Waals surface area contributed by atoms with Crippen molar-refractivity contribution in [3.05, 3.63) is 0 Å². The topological polar surface area (TPSA) is 3.24 Å². The summed E-state index contributed by atoms with van der Waals surface area (Å²) in [6.07, 6.45) is -0.337. The van der Waals surface area contributed by atoms with E-state index in [-0.39, 0.29) is 12.6 Å². The van der Waals surface area contributed by atoms with Crippen LogP contribution < -0.4 is 0 Å². The van der Waals surface area contributed by atoms with E-state index in [0.29, 0.717) is 25.2 Å². The van der Waals surface area contributed by atoms with Crippen LogP contribution in [0.4, 0.5) is 13.2 Å². The predicted molar refractivity (Wildman–Crippen MR) is 54.5 cm³/mol. The summed E-state index contributed by atoms with van der Waals surface area (Å²) in [6, 6.07) is -0.277. The highest BCUT2D eigenvalue weighted by Crippen LogP contribution is 2.33. The van der Waals surface area contributed by atoms with Crippen molar-refractivity contribution < 1.29 is 13.2 Å². The quantitative estimate of drug-likeness (QED) is 0.658. The zero-order chi connectivity index (χ0) is 11.5. The van der Waals surface area contributed by atoms with Crippen LogP contribution in [-0.2, 0) is 0 Å². The third-order valence-corrected chi connectivity index (χ3v) is 3.22. The highest BCUT2D eigenvalue weighted by Gasteiger charge is 2.41. The average molecular weight is 223 g/mol. The minimum Gasteiger partial charge on any atom is -0.211 e. The molecule has 4 heteroatoms. The maximum absolute atomic E-state index is 12.7. The molecular formula is C11H20F3N. The Hall–Kier alpha value is -0.250. The summed E-state index contributed by atoms with van der Waals surface area (Å²) < 4.78 is 38.1. The van der Waals surface area contributed by atoms with Crippen LogP contribution in [0.5, 0.6) is 0 Å². The lowest BCUT2D eigenvalue weighted by Gasteiger charge is -2.36. The first kappa shape index (κ1) is 12.8. The Kier molecular flexibility index (Phi) is 4.44. The smallest absolute Gasteiger partial charge is 0.211 e. The number of halogens is 3. The number of alkyl halides is 3. The van der Waals surface area contributed by atoms with E-state index in [4.69, 9.17) is 0 Å². The number of hydrogen-bond donors (Lipinski definition) is 0. The molecule has 0 N–H and O–H groups in total. The van der Waals surface area contributed by atoms with Crippen molar-refractivity contribution in [2.75, 3.05) is 6.54 Å². The molecule has 0 aliphatic heterocycles. The van der Waals surface area contributed by atoms with Crippen LogP contribution in [-0.4, -0.2) is 23.8 Å². The van der Waals surface area contributed by atoms with E-state index in [0.717, 1.165) is 17.7 Å². The first-order chi connectivity index (χ1) is 6.95. The summed E-state index contributed by atoms with van der Waals surface area (Å²) in [6.45, 7) is 4.06. The highest BCUT2D eigenvalue weighted by atomic mass is 19.4. The van der Waals surface area contributed by atoms with Gasteiger partial charge in [0.1, 0.15) is 0 Å². The van der Waals surface area contributed by atoms with Gasteiger partial charge in [-0.05, 0) is 38.0 Å². The molecule has 0 atom stereocenters. The van der Waals surface area contributed by atoms with Gasteiger partial charge >= 0.3 is 6.30 Å². The second-order valence-corrected chi connectivity index (χ2v) is 4.57. The maximum Gasteiger partial charge on any atom is 0.460 e.